The minimum Gasteiger partial charge on any atom is -0.494 e. The molecule has 1 saturated heterocycles. The van der Waals surface area contributed by atoms with Gasteiger partial charge in [-0.3, -0.25) is 4.79 Å². The van der Waals surface area contributed by atoms with Gasteiger partial charge < -0.3 is 9.64 Å². The molecule has 0 unspecified atom stereocenters. The highest BCUT2D eigenvalue weighted by Crippen LogP contribution is 2.15. The number of hydrogen-bond donors (Lipinski definition) is 0. The maximum Gasteiger partial charge on any atom is 0.185 e. The lowest BCUT2D eigenvalue weighted by Gasteiger charge is -2.26. The number of piperidine rings is 1. The Bertz CT molecular complexity index is 731. The normalized spacial score (nSPS) is 15.0. The first-order valence-corrected chi connectivity index (χ1v) is 10.5. The summed E-state index contributed by atoms with van der Waals surface area (Å²) in [5.41, 5.74) is 1.71. The molecule has 0 aromatic heterocycles. The Morgan fingerprint density at radius 1 is 0.893 bits per heavy atom. The largest absolute Gasteiger partial charge is 0.494 e. The van der Waals surface area contributed by atoms with E-state index in [0.29, 0.717) is 5.56 Å². The van der Waals surface area contributed by atoms with Crippen molar-refractivity contribution in [2.75, 3.05) is 26.2 Å². The average molecular weight is 378 g/mol. The lowest BCUT2D eigenvalue weighted by molar-refractivity contribution is 0.104. The third kappa shape index (κ3) is 6.97. The molecule has 28 heavy (non-hydrogen) atoms. The smallest absolute Gasteiger partial charge is 0.185 e. The van der Waals surface area contributed by atoms with E-state index in [1.54, 1.807) is 6.08 Å². The van der Waals surface area contributed by atoms with Crippen molar-refractivity contribution >= 4 is 11.9 Å². The van der Waals surface area contributed by atoms with Gasteiger partial charge in [0.2, 0.25) is 0 Å². The van der Waals surface area contributed by atoms with E-state index in [9.17, 15) is 4.79 Å². The van der Waals surface area contributed by atoms with Crippen molar-refractivity contribution < 1.29 is 9.53 Å². The van der Waals surface area contributed by atoms with Gasteiger partial charge in [-0.05, 0) is 75.5 Å². The summed E-state index contributed by atoms with van der Waals surface area (Å²) in [7, 11) is 0. The second-order valence-corrected chi connectivity index (χ2v) is 7.44. The predicted molar refractivity (Wildman–Crippen MR) is 116 cm³/mol. The van der Waals surface area contributed by atoms with Crippen molar-refractivity contribution in [1.29, 1.82) is 0 Å². The van der Waals surface area contributed by atoms with Crippen LogP contribution in [-0.4, -0.2) is 36.9 Å². The van der Waals surface area contributed by atoms with Crippen molar-refractivity contribution in [2.45, 2.75) is 38.5 Å². The molecule has 1 heterocycles. The number of unbranched alkanes of at least 4 members (excludes halogenated alkanes) is 2. The summed E-state index contributed by atoms with van der Waals surface area (Å²) in [6.07, 6.45) is 11.2. The molecule has 1 aliphatic heterocycles. The molecule has 3 nitrogen and oxygen atoms in total. The highest BCUT2D eigenvalue weighted by molar-refractivity contribution is 6.06. The molecule has 0 radical (unpaired) electrons. The molecule has 0 bridgehead atoms. The zero-order chi connectivity index (χ0) is 19.4. The molecule has 2 aromatic carbocycles. The molecule has 0 spiro atoms. The van der Waals surface area contributed by atoms with Crippen LogP contribution in [0.3, 0.4) is 0 Å². The Balaban J connectivity index is 1.33. The van der Waals surface area contributed by atoms with E-state index in [0.717, 1.165) is 24.3 Å². The molecule has 0 N–H and O–H groups in total. The van der Waals surface area contributed by atoms with Crippen molar-refractivity contribution in [3.63, 3.8) is 0 Å². The first-order chi connectivity index (χ1) is 13.8. The topological polar surface area (TPSA) is 29.5 Å². The molecule has 0 saturated carbocycles. The van der Waals surface area contributed by atoms with Crippen molar-refractivity contribution in [3.05, 3.63) is 71.8 Å². The fourth-order valence-corrected chi connectivity index (χ4v) is 3.53. The number of likely N-dealkylation sites (tertiary alicyclic amines) is 1. The van der Waals surface area contributed by atoms with E-state index in [1.165, 1.54) is 51.7 Å². The first-order valence-electron chi connectivity index (χ1n) is 10.5. The highest BCUT2D eigenvalue weighted by Gasteiger charge is 2.08. The Labute approximate surface area is 169 Å². The van der Waals surface area contributed by atoms with Crippen LogP contribution in [0.1, 0.15) is 54.4 Å². The number of rotatable bonds is 10. The maximum atomic E-state index is 12.1. The van der Waals surface area contributed by atoms with Crippen LogP contribution in [0, 0.1) is 0 Å². The van der Waals surface area contributed by atoms with Crippen molar-refractivity contribution in [2.24, 2.45) is 0 Å². The molecule has 3 heteroatoms. The van der Waals surface area contributed by atoms with E-state index < -0.39 is 0 Å². The summed E-state index contributed by atoms with van der Waals surface area (Å²) in [5, 5.41) is 0. The second kappa shape index (κ2) is 11.5. The molecule has 0 aliphatic carbocycles. The van der Waals surface area contributed by atoms with E-state index in [-0.39, 0.29) is 5.78 Å². The number of ketones is 1. The predicted octanol–water partition coefficient (Wildman–Crippen LogP) is 5.62. The minimum atomic E-state index is 0.0190. The SMILES string of the molecule is O=C(/C=C/c1ccc(OCCCCCN2CCCCC2)cc1)c1ccccc1. The monoisotopic (exact) mass is 377 g/mol. The van der Waals surface area contributed by atoms with E-state index in [2.05, 4.69) is 4.90 Å². The molecule has 1 aliphatic rings. The number of carbonyl (C=O) groups is 1. The number of ether oxygens (including phenoxy) is 1. The summed E-state index contributed by atoms with van der Waals surface area (Å²) in [6, 6.07) is 17.2. The molecule has 0 amide bonds. The fraction of sp³-hybridized carbons (Fsp3) is 0.400. The van der Waals surface area contributed by atoms with Crippen LogP contribution in [0.5, 0.6) is 5.75 Å². The highest BCUT2D eigenvalue weighted by atomic mass is 16.5. The Morgan fingerprint density at radius 3 is 2.39 bits per heavy atom. The average Bonchev–Trinajstić information content (AvgIpc) is 2.76. The molecule has 0 atom stereocenters. The third-order valence-corrected chi connectivity index (χ3v) is 5.20. The minimum absolute atomic E-state index is 0.0190. The zero-order valence-corrected chi connectivity index (χ0v) is 16.7. The van der Waals surface area contributed by atoms with Gasteiger partial charge in [-0.1, -0.05) is 55.0 Å². The Hall–Kier alpha value is -2.39. The van der Waals surface area contributed by atoms with Gasteiger partial charge in [0.1, 0.15) is 5.75 Å². The van der Waals surface area contributed by atoms with Crippen LogP contribution in [0.4, 0.5) is 0 Å². The van der Waals surface area contributed by atoms with Crippen molar-refractivity contribution in [1.82, 2.24) is 4.90 Å². The Kier molecular flexibility index (Phi) is 8.32. The van der Waals surface area contributed by atoms with Gasteiger partial charge in [0.05, 0.1) is 6.61 Å². The van der Waals surface area contributed by atoms with E-state index >= 15 is 0 Å². The first kappa shape index (κ1) is 20.3. The molecule has 1 fully saturated rings. The van der Waals surface area contributed by atoms with Crippen LogP contribution >= 0.6 is 0 Å². The third-order valence-electron chi connectivity index (χ3n) is 5.20. The standard InChI is InChI=1S/C25H31NO2/c27-25(23-10-4-1-5-11-23)17-14-22-12-15-24(16-13-22)28-21-9-3-8-20-26-18-6-2-7-19-26/h1,4-5,10-17H,2-3,6-9,18-21H2/b17-14+. The number of allylic oxidation sites excluding steroid dienone is 1. The van der Waals surface area contributed by atoms with Gasteiger partial charge in [0.15, 0.2) is 5.78 Å². The lowest BCUT2D eigenvalue weighted by atomic mass is 10.1. The van der Waals surface area contributed by atoms with Gasteiger partial charge >= 0.3 is 0 Å². The van der Waals surface area contributed by atoms with Gasteiger partial charge in [-0.2, -0.15) is 0 Å². The van der Waals surface area contributed by atoms with Crippen molar-refractivity contribution in [3.8, 4) is 5.75 Å². The zero-order valence-electron chi connectivity index (χ0n) is 16.7. The summed E-state index contributed by atoms with van der Waals surface area (Å²) in [6.45, 7) is 4.58. The van der Waals surface area contributed by atoms with Crippen LogP contribution in [0.2, 0.25) is 0 Å². The lowest BCUT2D eigenvalue weighted by Crippen LogP contribution is -2.30. The van der Waals surface area contributed by atoms with Crippen LogP contribution in [0.15, 0.2) is 60.7 Å². The molecule has 2 aromatic rings. The van der Waals surface area contributed by atoms with E-state index in [1.807, 2.05) is 60.7 Å². The molecule has 3 rings (SSSR count). The number of carbonyl (C=O) groups excluding carboxylic acids is 1. The summed E-state index contributed by atoms with van der Waals surface area (Å²) in [5.74, 6) is 0.910. The van der Waals surface area contributed by atoms with Gasteiger partial charge in [-0.15, -0.1) is 0 Å². The van der Waals surface area contributed by atoms with Gasteiger partial charge in [0, 0.05) is 5.56 Å². The fourth-order valence-electron chi connectivity index (χ4n) is 3.53. The number of nitrogens with zero attached hydrogens (tertiary/aromatic N) is 1. The summed E-state index contributed by atoms with van der Waals surface area (Å²) < 4.78 is 5.84. The summed E-state index contributed by atoms with van der Waals surface area (Å²) >= 11 is 0. The second-order valence-electron chi connectivity index (χ2n) is 7.44. The molecular formula is C25H31NO2. The van der Waals surface area contributed by atoms with Gasteiger partial charge in [0.25, 0.3) is 0 Å². The Morgan fingerprint density at radius 2 is 1.64 bits per heavy atom. The van der Waals surface area contributed by atoms with Gasteiger partial charge in [-0.25, -0.2) is 0 Å². The summed E-state index contributed by atoms with van der Waals surface area (Å²) in [4.78, 5) is 14.7. The maximum absolute atomic E-state index is 12.1. The molecular weight excluding hydrogens is 346 g/mol. The van der Waals surface area contributed by atoms with E-state index in [4.69, 9.17) is 4.74 Å². The quantitative estimate of drug-likeness (QED) is 0.306. The van der Waals surface area contributed by atoms with Crippen LogP contribution in [-0.2, 0) is 0 Å². The van der Waals surface area contributed by atoms with Crippen LogP contribution in [0.25, 0.3) is 6.08 Å². The molecule has 148 valence electrons. The number of hydrogen-bond acceptors (Lipinski definition) is 3. The van der Waals surface area contributed by atoms with Crippen LogP contribution < -0.4 is 4.74 Å². The number of benzene rings is 2.